The van der Waals surface area contributed by atoms with E-state index in [1.807, 2.05) is 36.1 Å². The fraction of sp³-hybridized carbons (Fsp3) is 0.370. The largest absolute Gasteiger partial charge is 0.467 e. The van der Waals surface area contributed by atoms with Crippen molar-refractivity contribution in [3.05, 3.63) is 71.0 Å². The average Bonchev–Trinajstić information content (AvgIpc) is 3.49. The van der Waals surface area contributed by atoms with Crippen molar-refractivity contribution in [2.75, 3.05) is 25.5 Å². The maximum absolute atomic E-state index is 13.3. The van der Waals surface area contributed by atoms with Crippen LogP contribution in [0.4, 0.5) is 10.5 Å². The molecule has 202 valence electrons. The fourth-order valence-electron chi connectivity index (χ4n) is 4.57. The van der Waals surface area contributed by atoms with E-state index in [0.29, 0.717) is 42.4 Å². The molecule has 0 radical (unpaired) electrons. The number of aromatic nitrogens is 4. The Labute approximate surface area is 225 Å². The van der Waals surface area contributed by atoms with E-state index < -0.39 is 18.0 Å². The molecule has 3 amide bonds. The Kier molecular flexibility index (Phi) is 8.83. The van der Waals surface area contributed by atoms with Gasteiger partial charge in [0.15, 0.2) is 0 Å². The molecule has 0 spiro atoms. The van der Waals surface area contributed by atoms with Gasteiger partial charge in [-0.15, -0.1) is 5.10 Å². The van der Waals surface area contributed by atoms with Crippen molar-refractivity contribution in [2.24, 2.45) is 0 Å². The summed E-state index contributed by atoms with van der Waals surface area (Å²) >= 11 is 0. The van der Waals surface area contributed by atoms with Crippen molar-refractivity contribution in [2.45, 2.75) is 44.7 Å². The maximum Gasteiger partial charge on any atom is 0.328 e. The number of carbonyl (C=O) groups excluding carboxylic acids is 3. The van der Waals surface area contributed by atoms with Crippen LogP contribution in [0.15, 0.2) is 48.8 Å². The Bertz CT molecular complexity index is 1340. The fourth-order valence-corrected chi connectivity index (χ4v) is 4.57. The number of ether oxygens (including phenoxy) is 1. The van der Waals surface area contributed by atoms with Crippen molar-refractivity contribution in [3.8, 4) is 6.07 Å². The van der Waals surface area contributed by atoms with Gasteiger partial charge in [-0.1, -0.05) is 18.2 Å². The highest BCUT2D eigenvalue weighted by molar-refractivity contribution is 5.98. The molecule has 1 saturated heterocycles. The number of likely N-dealkylation sites (tertiary alicyclic amines) is 1. The van der Waals surface area contributed by atoms with Gasteiger partial charge in [0.1, 0.15) is 12.4 Å². The van der Waals surface area contributed by atoms with E-state index in [1.54, 1.807) is 18.2 Å². The van der Waals surface area contributed by atoms with Crippen LogP contribution in [-0.4, -0.2) is 69.3 Å². The molecule has 0 aliphatic carbocycles. The minimum atomic E-state index is -0.915. The van der Waals surface area contributed by atoms with Crippen molar-refractivity contribution in [1.29, 1.82) is 5.26 Å². The number of rotatable bonds is 8. The molecule has 1 aliphatic heterocycles. The van der Waals surface area contributed by atoms with E-state index in [9.17, 15) is 14.4 Å². The van der Waals surface area contributed by atoms with Gasteiger partial charge in [0, 0.05) is 30.9 Å². The van der Waals surface area contributed by atoms with Gasteiger partial charge in [-0.05, 0) is 77.9 Å². The van der Waals surface area contributed by atoms with Gasteiger partial charge in [-0.25, -0.2) is 14.3 Å². The molecule has 12 nitrogen and oxygen atoms in total. The van der Waals surface area contributed by atoms with Gasteiger partial charge in [0.05, 0.1) is 18.7 Å². The Hall–Kier alpha value is -4.79. The van der Waals surface area contributed by atoms with Crippen LogP contribution in [0.3, 0.4) is 0 Å². The number of hydrogen-bond acceptors (Lipinski definition) is 8. The smallest absolute Gasteiger partial charge is 0.328 e. The lowest BCUT2D eigenvalue weighted by molar-refractivity contribution is -0.143. The number of nitrogens with zero attached hydrogens (tertiary/aromatic N) is 6. The van der Waals surface area contributed by atoms with E-state index in [1.165, 1.54) is 23.7 Å². The summed E-state index contributed by atoms with van der Waals surface area (Å²) in [4.78, 5) is 40.0. The normalized spacial score (nSPS) is 14.2. The Morgan fingerprint density at radius 3 is 2.54 bits per heavy atom. The summed E-state index contributed by atoms with van der Waals surface area (Å²) in [6.45, 7) is 3.35. The number of aryl methyl sites for hydroxylation is 2. The molecule has 4 rings (SSSR count). The second kappa shape index (κ2) is 12.6. The van der Waals surface area contributed by atoms with E-state index in [4.69, 9.17) is 10.00 Å². The Morgan fingerprint density at radius 2 is 1.90 bits per heavy atom. The summed E-state index contributed by atoms with van der Waals surface area (Å²) in [5.41, 5.74) is 3.52. The van der Waals surface area contributed by atoms with Crippen molar-refractivity contribution >= 4 is 23.6 Å². The number of methoxy groups -OCH3 is 1. The summed E-state index contributed by atoms with van der Waals surface area (Å²) < 4.78 is 6.26. The molecule has 39 heavy (non-hydrogen) atoms. The molecule has 1 aliphatic rings. The molecule has 2 aromatic carbocycles. The zero-order valence-electron chi connectivity index (χ0n) is 21.8. The minimum Gasteiger partial charge on any atom is -0.467 e. The third-order valence-corrected chi connectivity index (χ3v) is 6.86. The molecule has 3 aromatic rings. The molecule has 1 unspecified atom stereocenters. The van der Waals surface area contributed by atoms with Gasteiger partial charge < -0.3 is 20.3 Å². The topological polar surface area (TPSA) is 155 Å². The SMILES string of the molecule is COC(=O)C(CCn1cnnn1)NC(=O)Nc1cc(C(=O)N2CCC(c3ccc(C#N)cc3)CC2)ccc1C. The highest BCUT2D eigenvalue weighted by atomic mass is 16.5. The van der Waals surface area contributed by atoms with Crippen LogP contribution in [0.1, 0.15) is 52.2 Å². The number of nitriles is 1. The summed E-state index contributed by atoms with van der Waals surface area (Å²) in [6.07, 6.45) is 3.30. The Morgan fingerprint density at radius 1 is 1.15 bits per heavy atom. The van der Waals surface area contributed by atoms with Crippen LogP contribution >= 0.6 is 0 Å². The van der Waals surface area contributed by atoms with Crippen molar-refractivity contribution in [1.82, 2.24) is 30.4 Å². The monoisotopic (exact) mass is 530 g/mol. The van der Waals surface area contributed by atoms with Crippen molar-refractivity contribution in [3.63, 3.8) is 0 Å². The van der Waals surface area contributed by atoms with Gasteiger partial charge in [-0.3, -0.25) is 4.79 Å². The third-order valence-electron chi connectivity index (χ3n) is 6.86. The van der Waals surface area contributed by atoms with E-state index in [-0.39, 0.29) is 12.3 Å². The average molecular weight is 531 g/mol. The molecule has 2 N–H and O–H groups in total. The predicted molar refractivity (Wildman–Crippen MR) is 141 cm³/mol. The summed E-state index contributed by atoms with van der Waals surface area (Å²) in [7, 11) is 1.25. The number of amides is 3. The minimum absolute atomic E-state index is 0.106. The summed E-state index contributed by atoms with van der Waals surface area (Å²) in [5, 5.41) is 25.2. The van der Waals surface area contributed by atoms with Crippen LogP contribution in [0.25, 0.3) is 0 Å². The standard InChI is InChI=1S/C27H30N8O4/c1-18-3-6-22(25(36)34-12-9-21(10-13-34)20-7-4-19(16-28)5-8-20)15-24(18)31-27(38)30-23(26(37)39-2)11-14-35-17-29-32-33-35/h3-8,15,17,21,23H,9-14H2,1-2H3,(H2,30,31,38). The van der Waals surface area contributed by atoms with Gasteiger partial charge in [0.25, 0.3) is 5.91 Å². The lowest BCUT2D eigenvalue weighted by atomic mass is 9.89. The zero-order chi connectivity index (χ0) is 27.8. The first-order chi connectivity index (χ1) is 18.9. The number of piperidine rings is 1. The van der Waals surface area contributed by atoms with Crippen LogP contribution < -0.4 is 10.6 Å². The number of urea groups is 1. The molecule has 2 heterocycles. The number of esters is 1. The maximum atomic E-state index is 13.3. The molecule has 1 aromatic heterocycles. The second-order valence-corrected chi connectivity index (χ2v) is 9.37. The van der Waals surface area contributed by atoms with Crippen LogP contribution in [-0.2, 0) is 16.1 Å². The molecule has 0 saturated carbocycles. The second-order valence-electron chi connectivity index (χ2n) is 9.37. The predicted octanol–water partition coefficient (Wildman–Crippen LogP) is 2.63. The molecule has 0 bridgehead atoms. The summed E-state index contributed by atoms with van der Waals surface area (Å²) in [6, 6.07) is 13.4. The first kappa shape index (κ1) is 27.3. The van der Waals surface area contributed by atoms with Gasteiger partial charge >= 0.3 is 12.0 Å². The number of anilines is 1. The molecule has 1 fully saturated rings. The van der Waals surface area contributed by atoms with E-state index in [0.717, 1.165) is 18.4 Å². The Balaban J connectivity index is 1.35. The lowest BCUT2D eigenvalue weighted by Gasteiger charge is -2.32. The number of hydrogen-bond donors (Lipinski definition) is 2. The zero-order valence-corrected chi connectivity index (χ0v) is 21.8. The third kappa shape index (κ3) is 6.95. The van der Waals surface area contributed by atoms with Crippen LogP contribution in [0.2, 0.25) is 0 Å². The van der Waals surface area contributed by atoms with Gasteiger partial charge in [-0.2, -0.15) is 5.26 Å². The number of benzene rings is 2. The summed E-state index contributed by atoms with van der Waals surface area (Å²) in [5.74, 6) is -0.363. The molecular weight excluding hydrogens is 500 g/mol. The number of tetrazole rings is 1. The highest BCUT2D eigenvalue weighted by Crippen LogP contribution is 2.29. The number of carbonyl (C=O) groups is 3. The first-order valence-electron chi connectivity index (χ1n) is 12.6. The molecular formula is C27H30N8O4. The van der Waals surface area contributed by atoms with Gasteiger partial charge in [0.2, 0.25) is 0 Å². The van der Waals surface area contributed by atoms with Crippen LogP contribution in [0.5, 0.6) is 0 Å². The quantitative estimate of drug-likeness (QED) is 0.421. The highest BCUT2D eigenvalue weighted by Gasteiger charge is 2.26. The van der Waals surface area contributed by atoms with Crippen molar-refractivity contribution < 1.29 is 19.1 Å². The molecule has 12 heteroatoms. The van der Waals surface area contributed by atoms with Crippen LogP contribution in [0, 0.1) is 18.3 Å². The number of nitrogens with one attached hydrogen (secondary N) is 2. The van der Waals surface area contributed by atoms with E-state index >= 15 is 0 Å². The molecule has 1 atom stereocenters. The first-order valence-corrected chi connectivity index (χ1v) is 12.6. The lowest BCUT2D eigenvalue weighted by Crippen LogP contribution is -2.44. The van der Waals surface area contributed by atoms with E-state index in [2.05, 4.69) is 32.2 Å².